The van der Waals surface area contributed by atoms with Crippen molar-refractivity contribution in [3.05, 3.63) is 109 Å². The third-order valence-corrected chi connectivity index (χ3v) is 9.81. The standard InChI is InChI=1S/C55H88O6/c1-4-7-10-13-16-19-22-25-26-27-28-31-33-36-39-42-45-48-54(57)60-51-52(61-55(58)49-46-43-40-37-34-30-24-21-18-15-12-9-6-3)50-59-53(56)47-44-41-38-35-32-29-23-20-17-14-11-8-5-2/h9,12,15-16,18-19,21,24-26,28-29,31-32,36,38-39,41,52H,4-8,10-11,13-14,17,20,22-23,27,30,33-35,37,40,42-51H2,1-3H3/b12-9+,18-15+,19-16+,24-21+,26-25+,31-28+,32-29+,39-36+,41-38+. The van der Waals surface area contributed by atoms with Crippen LogP contribution in [0, 0.1) is 0 Å². The van der Waals surface area contributed by atoms with Crippen molar-refractivity contribution in [1.82, 2.24) is 0 Å². The summed E-state index contributed by atoms with van der Waals surface area (Å²) < 4.78 is 16.6. The fourth-order valence-corrected chi connectivity index (χ4v) is 6.13. The highest BCUT2D eigenvalue weighted by atomic mass is 16.6. The van der Waals surface area contributed by atoms with Crippen molar-refractivity contribution in [2.45, 2.75) is 207 Å². The number of carbonyl (C=O) groups excluding carboxylic acids is 3. The minimum Gasteiger partial charge on any atom is -0.462 e. The van der Waals surface area contributed by atoms with Crippen molar-refractivity contribution in [3.8, 4) is 0 Å². The molecular weight excluding hydrogens is 757 g/mol. The van der Waals surface area contributed by atoms with E-state index in [1.165, 1.54) is 64.2 Å². The summed E-state index contributed by atoms with van der Waals surface area (Å²) in [4.78, 5) is 37.8. The second-order valence-corrected chi connectivity index (χ2v) is 15.7. The zero-order chi connectivity index (χ0) is 44.4. The SMILES string of the molecule is CC/C=C/C=C/C=C/CCCCCCCC(=O)OC(COC(=O)CC/C=C/C/C=C/CCCCCCCC)COC(=O)CCC/C=C/C/C=C/C/C=C/C/C=C/CCCCC. The molecule has 0 rings (SSSR count). The van der Waals surface area contributed by atoms with E-state index in [1.807, 2.05) is 12.2 Å². The van der Waals surface area contributed by atoms with Crippen LogP contribution in [-0.4, -0.2) is 37.2 Å². The van der Waals surface area contributed by atoms with Crippen molar-refractivity contribution < 1.29 is 28.6 Å². The van der Waals surface area contributed by atoms with E-state index in [9.17, 15) is 14.4 Å². The van der Waals surface area contributed by atoms with Gasteiger partial charge < -0.3 is 14.2 Å². The highest BCUT2D eigenvalue weighted by Gasteiger charge is 2.19. The Hall–Kier alpha value is -3.93. The summed E-state index contributed by atoms with van der Waals surface area (Å²) >= 11 is 0. The fraction of sp³-hybridized carbons (Fsp3) is 0.618. The summed E-state index contributed by atoms with van der Waals surface area (Å²) in [6.45, 7) is 6.32. The van der Waals surface area contributed by atoms with Crippen LogP contribution >= 0.6 is 0 Å². The molecule has 1 unspecified atom stereocenters. The Morgan fingerprint density at radius 2 is 0.754 bits per heavy atom. The van der Waals surface area contributed by atoms with Crippen LogP contribution in [0.5, 0.6) is 0 Å². The van der Waals surface area contributed by atoms with Gasteiger partial charge in [0.2, 0.25) is 0 Å². The number of esters is 3. The average molecular weight is 845 g/mol. The average Bonchev–Trinajstić information content (AvgIpc) is 3.26. The molecule has 0 saturated carbocycles. The molecule has 61 heavy (non-hydrogen) atoms. The normalized spacial score (nSPS) is 13.0. The highest BCUT2D eigenvalue weighted by molar-refractivity contribution is 5.71. The summed E-state index contributed by atoms with van der Waals surface area (Å²) in [7, 11) is 0. The zero-order valence-corrected chi connectivity index (χ0v) is 39.1. The van der Waals surface area contributed by atoms with Gasteiger partial charge in [0.05, 0.1) is 0 Å². The molecule has 1 atom stereocenters. The first kappa shape index (κ1) is 57.1. The van der Waals surface area contributed by atoms with E-state index in [4.69, 9.17) is 14.2 Å². The Bertz CT molecular complexity index is 1290. The number of allylic oxidation sites excluding steroid dienone is 18. The topological polar surface area (TPSA) is 78.9 Å². The van der Waals surface area contributed by atoms with Gasteiger partial charge in [0.25, 0.3) is 0 Å². The summed E-state index contributed by atoms with van der Waals surface area (Å²) in [5.74, 6) is -1.08. The minimum absolute atomic E-state index is 0.134. The summed E-state index contributed by atoms with van der Waals surface area (Å²) in [5, 5.41) is 0. The molecule has 0 heterocycles. The first-order valence-corrected chi connectivity index (χ1v) is 24.4. The van der Waals surface area contributed by atoms with Gasteiger partial charge in [0.15, 0.2) is 6.10 Å². The predicted molar refractivity (Wildman–Crippen MR) is 260 cm³/mol. The molecule has 344 valence electrons. The molecule has 6 nitrogen and oxygen atoms in total. The van der Waals surface area contributed by atoms with Gasteiger partial charge >= 0.3 is 17.9 Å². The first-order chi connectivity index (χ1) is 30.0. The van der Waals surface area contributed by atoms with E-state index in [-0.39, 0.29) is 50.4 Å². The maximum Gasteiger partial charge on any atom is 0.306 e. The van der Waals surface area contributed by atoms with Crippen LogP contribution in [0.2, 0.25) is 0 Å². The monoisotopic (exact) mass is 845 g/mol. The van der Waals surface area contributed by atoms with E-state index in [0.717, 1.165) is 83.5 Å². The molecule has 0 spiro atoms. The number of ether oxygens (including phenoxy) is 3. The second kappa shape index (κ2) is 48.7. The molecule has 0 aliphatic carbocycles. The number of unbranched alkanes of at least 4 members (excludes halogenated alkanes) is 15. The van der Waals surface area contributed by atoms with E-state index >= 15 is 0 Å². The van der Waals surface area contributed by atoms with Crippen LogP contribution in [0.4, 0.5) is 0 Å². The van der Waals surface area contributed by atoms with Gasteiger partial charge in [0.1, 0.15) is 13.2 Å². The van der Waals surface area contributed by atoms with Crippen LogP contribution in [0.25, 0.3) is 0 Å². The van der Waals surface area contributed by atoms with Gasteiger partial charge in [-0.05, 0) is 96.3 Å². The molecule has 0 aromatic rings. The maximum atomic E-state index is 12.7. The van der Waals surface area contributed by atoms with Crippen molar-refractivity contribution in [2.75, 3.05) is 13.2 Å². The second-order valence-electron chi connectivity index (χ2n) is 15.7. The van der Waals surface area contributed by atoms with Crippen molar-refractivity contribution in [1.29, 1.82) is 0 Å². The predicted octanol–water partition coefficient (Wildman–Crippen LogP) is 16.0. The molecule has 6 heteroatoms. The van der Waals surface area contributed by atoms with Crippen LogP contribution < -0.4 is 0 Å². The van der Waals surface area contributed by atoms with E-state index in [0.29, 0.717) is 12.8 Å². The number of hydrogen-bond donors (Lipinski definition) is 0. The van der Waals surface area contributed by atoms with E-state index in [1.54, 1.807) is 0 Å². The van der Waals surface area contributed by atoms with E-state index < -0.39 is 6.10 Å². The smallest absolute Gasteiger partial charge is 0.306 e. The van der Waals surface area contributed by atoms with Gasteiger partial charge in [-0.2, -0.15) is 0 Å². The largest absolute Gasteiger partial charge is 0.462 e. The van der Waals surface area contributed by atoms with E-state index in [2.05, 4.69) is 118 Å². The Balaban J connectivity index is 4.58. The molecule has 0 fully saturated rings. The highest BCUT2D eigenvalue weighted by Crippen LogP contribution is 2.11. The molecule has 0 aliphatic rings. The lowest BCUT2D eigenvalue weighted by molar-refractivity contribution is -0.166. The summed E-state index contributed by atoms with van der Waals surface area (Å²) in [6.07, 6.45) is 65.2. The van der Waals surface area contributed by atoms with Crippen LogP contribution in [0.15, 0.2) is 109 Å². The van der Waals surface area contributed by atoms with Crippen LogP contribution in [-0.2, 0) is 28.6 Å². The van der Waals surface area contributed by atoms with Crippen molar-refractivity contribution in [3.63, 3.8) is 0 Å². The fourth-order valence-electron chi connectivity index (χ4n) is 6.13. The van der Waals surface area contributed by atoms with Gasteiger partial charge in [-0.25, -0.2) is 0 Å². The van der Waals surface area contributed by atoms with Gasteiger partial charge in [-0.3, -0.25) is 14.4 Å². The quantitative estimate of drug-likeness (QED) is 0.0200. The first-order valence-electron chi connectivity index (χ1n) is 24.4. The van der Waals surface area contributed by atoms with Crippen molar-refractivity contribution in [2.24, 2.45) is 0 Å². The molecule has 0 bridgehead atoms. The third-order valence-electron chi connectivity index (χ3n) is 9.81. The Morgan fingerprint density at radius 1 is 0.361 bits per heavy atom. The number of hydrogen-bond acceptors (Lipinski definition) is 6. The zero-order valence-electron chi connectivity index (χ0n) is 39.1. The maximum absolute atomic E-state index is 12.7. The number of rotatable bonds is 42. The Morgan fingerprint density at radius 3 is 1.31 bits per heavy atom. The lowest BCUT2D eigenvalue weighted by Gasteiger charge is -2.18. The summed E-state index contributed by atoms with van der Waals surface area (Å²) in [6, 6.07) is 0. The van der Waals surface area contributed by atoms with Gasteiger partial charge in [-0.1, -0.05) is 194 Å². The molecule has 0 aromatic heterocycles. The molecule has 0 aromatic carbocycles. The molecule has 0 saturated heterocycles. The van der Waals surface area contributed by atoms with Gasteiger partial charge in [-0.15, -0.1) is 0 Å². The molecule has 0 aliphatic heterocycles. The molecule has 0 amide bonds. The summed E-state index contributed by atoms with van der Waals surface area (Å²) in [5.41, 5.74) is 0. The molecule has 0 N–H and O–H groups in total. The van der Waals surface area contributed by atoms with Crippen molar-refractivity contribution >= 4 is 17.9 Å². The lowest BCUT2D eigenvalue weighted by atomic mass is 10.1. The third kappa shape index (κ3) is 47.0. The lowest BCUT2D eigenvalue weighted by Crippen LogP contribution is -2.30. The van der Waals surface area contributed by atoms with Crippen LogP contribution in [0.3, 0.4) is 0 Å². The number of carbonyl (C=O) groups is 3. The van der Waals surface area contributed by atoms with Gasteiger partial charge in [0, 0.05) is 19.3 Å². The van der Waals surface area contributed by atoms with Crippen LogP contribution in [0.1, 0.15) is 201 Å². The molecule has 0 radical (unpaired) electrons. The minimum atomic E-state index is -0.834. The Labute approximate surface area is 374 Å². The molecular formula is C55H88O6. The Kier molecular flexibility index (Phi) is 45.6.